The Morgan fingerprint density at radius 2 is 0.644 bits per heavy atom. The lowest BCUT2D eigenvalue weighted by atomic mass is 9.87. The molecule has 0 aliphatic carbocycles. The second-order valence-corrected chi connectivity index (χ2v) is 14.9. The van der Waals surface area contributed by atoms with E-state index in [1.165, 1.54) is 35.5 Å². The van der Waals surface area contributed by atoms with Gasteiger partial charge in [0.15, 0.2) is 0 Å². The Balaban J connectivity index is 0.000000337. The maximum Gasteiger partial charge on any atom is 0.411 e. The van der Waals surface area contributed by atoms with Crippen molar-refractivity contribution in [3.8, 4) is 0 Å². The molecule has 258 valence electrons. The SMILES string of the molecule is CC(C)(C)OC(=O)N1CCC1(C)C(=O)O.CC(C)(C)OC(=O)N1CC[C@@]1(C)C(=O)O.CC(C)(C)OC(=O)N1CC[C@]1(C)C(=O)O. The number of carbonyl (C=O) groups is 6. The van der Waals surface area contributed by atoms with Gasteiger partial charge in [0.05, 0.1) is 0 Å². The van der Waals surface area contributed by atoms with Crippen LogP contribution in [0.5, 0.6) is 0 Å². The Hall–Kier alpha value is -3.78. The van der Waals surface area contributed by atoms with Crippen molar-refractivity contribution >= 4 is 36.2 Å². The van der Waals surface area contributed by atoms with E-state index in [4.69, 9.17) is 29.5 Å². The smallest absolute Gasteiger partial charge is 0.411 e. The highest BCUT2D eigenvalue weighted by atomic mass is 16.6. The van der Waals surface area contributed by atoms with Crippen molar-refractivity contribution in [3.05, 3.63) is 0 Å². The molecule has 3 amide bonds. The first-order chi connectivity index (χ1) is 20.0. The zero-order valence-corrected chi connectivity index (χ0v) is 28.6. The van der Waals surface area contributed by atoms with E-state index in [1.807, 2.05) is 0 Å². The summed E-state index contributed by atoms with van der Waals surface area (Å²) < 4.78 is 15.3. The summed E-state index contributed by atoms with van der Waals surface area (Å²) in [6, 6.07) is 0. The van der Waals surface area contributed by atoms with Gasteiger partial charge in [-0.25, -0.2) is 28.8 Å². The lowest BCUT2D eigenvalue weighted by Gasteiger charge is -2.46. The molecule has 0 spiro atoms. The van der Waals surface area contributed by atoms with Crippen molar-refractivity contribution < 1.29 is 58.3 Å². The Kier molecular flexibility index (Phi) is 11.6. The lowest BCUT2D eigenvalue weighted by Crippen LogP contribution is -2.65. The molecule has 3 heterocycles. The van der Waals surface area contributed by atoms with Gasteiger partial charge in [-0.3, -0.25) is 14.7 Å². The molecule has 15 heteroatoms. The van der Waals surface area contributed by atoms with Gasteiger partial charge in [0.2, 0.25) is 0 Å². The molecular formula is C30H51N3O12. The van der Waals surface area contributed by atoms with Crippen LogP contribution >= 0.6 is 0 Å². The minimum absolute atomic E-state index is 0.442. The zero-order valence-electron chi connectivity index (χ0n) is 28.6. The summed E-state index contributed by atoms with van der Waals surface area (Å²) in [5, 5.41) is 26.9. The van der Waals surface area contributed by atoms with E-state index in [-0.39, 0.29) is 0 Å². The molecule has 3 saturated heterocycles. The van der Waals surface area contributed by atoms with Gasteiger partial charge >= 0.3 is 36.2 Å². The molecule has 0 radical (unpaired) electrons. The first-order valence-corrected chi connectivity index (χ1v) is 14.7. The predicted molar refractivity (Wildman–Crippen MR) is 161 cm³/mol. The molecule has 15 nitrogen and oxygen atoms in total. The summed E-state index contributed by atoms with van der Waals surface area (Å²) in [6.45, 7) is 21.7. The largest absolute Gasteiger partial charge is 0.480 e. The Bertz CT molecular complexity index is 1030. The quantitative estimate of drug-likeness (QED) is 0.366. The highest BCUT2D eigenvalue weighted by molar-refractivity contribution is 5.87. The van der Waals surface area contributed by atoms with Crippen LogP contribution in [-0.4, -0.2) is 119 Å². The summed E-state index contributed by atoms with van der Waals surface area (Å²) in [5.74, 6) is -2.96. The summed E-state index contributed by atoms with van der Waals surface area (Å²) in [5.41, 5.74) is -5.06. The van der Waals surface area contributed by atoms with Crippen LogP contribution in [0.25, 0.3) is 0 Å². The summed E-state index contributed by atoms with van der Waals surface area (Å²) >= 11 is 0. The third-order valence-electron chi connectivity index (χ3n) is 7.48. The number of carbonyl (C=O) groups excluding carboxylic acids is 3. The molecule has 0 bridgehead atoms. The summed E-state index contributed by atoms with van der Waals surface area (Å²) in [6.07, 6.45) is -0.249. The van der Waals surface area contributed by atoms with Gasteiger partial charge < -0.3 is 29.5 Å². The third-order valence-corrected chi connectivity index (χ3v) is 7.48. The van der Waals surface area contributed by atoms with Crippen LogP contribution in [0.15, 0.2) is 0 Å². The van der Waals surface area contributed by atoms with Crippen LogP contribution in [0.2, 0.25) is 0 Å². The molecule has 0 aromatic rings. The van der Waals surface area contributed by atoms with E-state index in [9.17, 15) is 28.8 Å². The number of rotatable bonds is 3. The fourth-order valence-corrected chi connectivity index (χ4v) is 4.17. The number of nitrogens with zero attached hydrogens (tertiary/aromatic N) is 3. The molecule has 0 aromatic carbocycles. The Morgan fingerprint density at radius 1 is 0.467 bits per heavy atom. The van der Waals surface area contributed by atoms with E-state index in [0.717, 1.165) is 0 Å². The minimum Gasteiger partial charge on any atom is -0.480 e. The number of carboxylic acid groups (broad SMARTS) is 3. The average molecular weight is 646 g/mol. The van der Waals surface area contributed by atoms with E-state index < -0.39 is 69.6 Å². The fraction of sp³-hybridized carbons (Fsp3) is 0.800. The van der Waals surface area contributed by atoms with Crippen LogP contribution in [0, 0.1) is 0 Å². The number of likely N-dealkylation sites (tertiary alicyclic amines) is 3. The van der Waals surface area contributed by atoms with Gasteiger partial charge in [-0.2, -0.15) is 0 Å². The highest BCUT2D eigenvalue weighted by Gasteiger charge is 2.53. The van der Waals surface area contributed by atoms with Crippen molar-refractivity contribution in [2.45, 2.75) is 136 Å². The molecule has 3 rings (SSSR count). The van der Waals surface area contributed by atoms with Crippen molar-refractivity contribution in [1.82, 2.24) is 14.7 Å². The Labute approximate surface area is 264 Å². The average Bonchev–Trinajstić information content (AvgIpc) is 2.76. The van der Waals surface area contributed by atoms with Gasteiger partial charge in [-0.1, -0.05) is 0 Å². The number of hydrogen-bond donors (Lipinski definition) is 3. The third kappa shape index (κ3) is 9.85. The first-order valence-electron chi connectivity index (χ1n) is 14.7. The maximum absolute atomic E-state index is 11.6. The molecular weight excluding hydrogens is 594 g/mol. The highest BCUT2D eigenvalue weighted by Crippen LogP contribution is 2.34. The fourth-order valence-electron chi connectivity index (χ4n) is 4.17. The van der Waals surface area contributed by atoms with Gasteiger partial charge in [0, 0.05) is 19.6 Å². The molecule has 3 aliphatic heterocycles. The number of carboxylic acids is 3. The summed E-state index contributed by atoms with van der Waals surface area (Å²) in [4.78, 5) is 71.4. The van der Waals surface area contributed by atoms with Crippen LogP contribution in [0.4, 0.5) is 14.4 Å². The molecule has 3 atom stereocenters. The van der Waals surface area contributed by atoms with Crippen molar-refractivity contribution in [3.63, 3.8) is 0 Å². The molecule has 3 fully saturated rings. The van der Waals surface area contributed by atoms with E-state index in [1.54, 1.807) is 62.3 Å². The first kappa shape index (κ1) is 39.2. The van der Waals surface area contributed by atoms with Crippen molar-refractivity contribution in [2.75, 3.05) is 19.6 Å². The van der Waals surface area contributed by atoms with Gasteiger partial charge in [-0.05, 0) is 102 Å². The monoisotopic (exact) mass is 645 g/mol. The maximum atomic E-state index is 11.6. The number of hydrogen-bond acceptors (Lipinski definition) is 9. The lowest BCUT2D eigenvalue weighted by molar-refractivity contribution is -0.158. The van der Waals surface area contributed by atoms with Crippen LogP contribution in [0.1, 0.15) is 102 Å². The van der Waals surface area contributed by atoms with Crippen molar-refractivity contribution in [2.24, 2.45) is 0 Å². The molecule has 0 saturated carbocycles. The number of ether oxygens (including phenoxy) is 3. The standard InChI is InChI=1S/3C10H17NO4/c3*1-9(2,3)15-8(14)11-6-5-10(11,4)7(12)13/h3*5-6H2,1-4H3,(H,12,13)/t2*10-;/m10./s1. The van der Waals surface area contributed by atoms with E-state index >= 15 is 0 Å². The number of aliphatic carboxylic acids is 3. The topological polar surface area (TPSA) is 201 Å². The molecule has 1 unspecified atom stereocenters. The predicted octanol–water partition coefficient (Wildman–Crippen LogP) is 4.41. The number of amides is 3. The second-order valence-electron chi connectivity index (χ2n) is 14.9. The van der Waals surface area contributed by atoms with Gasteiger partial charge in [-0.15, -0.1) is 0 Å². The molecule has 0 aromatic heterocycles. The zero-order chi connectivity index (χ0) is 35.6. The van der Waals surface area contributed by atoms with E-state index in [2.05, 4.69) is 0 Å². The normalized spacial score (nSPS) is 25.7. The summed E-state index contributed by atoms with van der Waals surface area (Å²) in [7, 11) is 0. The Morgan fingerprint density at radius 3 is 0.733 bits per heavy atom. The minimum atomic E-state index is -1.09. The van der Waals surface area contributed by atoms with Gasteiger partial charge in [0.25, 0.3) is 0 Å². The molecule has 3 aliphatic rings. The molecule has 45 heavy (non-hydrogen) atoms. The van der Waals surface area contributed by atoms with Crippen molar-refractivity contribution in [1.29, 1.82) is 0 Å². The van der Waals surface area contributed by atoms with Crippen LogP contribution in [-0.2, 0) is 28.6 Å². The van der Waals surface area contributed by atoms with Gasteiger partial charge in [0.1, 0.15) is 33.4 Å². The van der Waals surface area contributed by atoms with Crippen LogP contribution < -0.4 is 0 Å². The molecule has 3 N–H and O–H groups in total. The van der Waals surface area contributed by atoms with E-state index in [0.29, 0.717) is 38.9 Å². The van der Waals surface area contributed by atoms with Crippen LogP contribution in [0.3, 0.4) is 0 Å². The second kappa shape index (κ2) is 13.3.